The predicted molar refractivity (Wildman–Crippen MR) is 62.6 cm³/mol. The van der Waals surface area contributed by atoms with E-state index in [9.17, 15) is 0 Å². The number of nitrogens with one attached hydrogen (secondary N) is 1. The first kappa shape index (κ1) is 10.6. The van der Waals surface area contributed by atoms with Crippen molar-refractivity contribution >= 4 is 0 Å². The molecule has 0 aliphatic heterocycles. The molecule has 1 aromatic heterocycles. The SMILES string of the molecule is CC1CCC(NC(C)c2ccccn2)C1. The maximum absolute atomic E-state index is 4.38. The van der Waals surface area contributed by atoms with Gasteiger partial charge in [0.05, 0.1) is 5.69 Å². The van der Waals surface area contributed by atoms with Crippen LogP contribution in [0.1, 0.15) is 44.8 Å². The number of hydrogen-bond acceptors (Lipinski definition) is 2. The lowest BCUT2D eigenvalue weighted by atomic mass is 10.1. The molecule has 1 fully saturated rings. The third-order valence-electron chi connectivity index (χ3n) is 3.31. The minimum atomic E-state index is 0.376. The molecule has 0 radical (unpaired) electrons. The van der Waals surface area contributed by atoms with E-state index in [1.54, 1.807) is 0 Å². The van der Waals surface area contributed by atoms with Crippen LogP contribution < -0.4 is 5.32 Å². The first-order valence-electron chi connectivity index (χ1n) is 5.92. The maximum atomic E-state index is 4.38. The molecule has 1 saturated carbocycles. The Morgan fingerprint density at radius 1 is 1.40 bits per heavy atom. The highest BCUT2D eigenvalue weighted by atomic mass is 15.0. The third-order valence-corrected chi connectivity index (χ3v) is 3.31. The van der Waals surface area contributed by atoms with Crippen LogP contribution in [0, 0.1) is 5.92 Å². The Labute approximate surface area is 92.1 Å². The molecule has 2 heteroatoms. The van der Waals surface area contributed by atoms with E-state index in [4.69, 9.17) is 0 Å². The molecule has 1 aliphatic rings. The van der Waals surface area contributed by atoms with E-state index in [-0.39, 0.29) is 0 Å². The van der Waals surface area contributed by atoms with E-state index in [1.807, 2.05) is 12.3 Å². The van der Waals surface area contributed by atoms with Crippen molar-refractivity contribution in [1.29, 1.82) is 0 Å². The zero-order valence-electron chi connectivity index (χ0n) is 9.61. The fraction of sp³-hybridized carbons (Fsp3) is 0.615. The molecule has 2 rings (SSSR count). The monoisotopic (exact) mass is 204 g/mol. The summed E-state index contributed by atoms with van der Waals surface area (Å²) in [5.41, 5.74) is 1.15. The highest BCUT2D eigenvalue weighted by molar-refractivity contribution is 5.08. The molecule has 1 N–H and O–H groups in total. The molecule has 3 atom stereocenters. The molecule has 82 valence electrons. The van der Waals surface area contributed by atoms with Gasteiger partial charge in [-0.3, -0.25) is 4.98 Å². The zero-order valence-corrected chi connectivity index (χ0v) is 9.61. The second-order valence-corrected chi connectivity index (χ2v) is 4.76. The summed E-state index contributed by atoms with van der Waals surface area (Å²) >= 11 is 0. The molecule has 1 heterocycles. The highest BCUT2D eigenvalue weighted by Gasteiger charge is 2.22. The average Bonchev–Trinajstić information content (AvgIpc) is 2.65. The van der Waals surface area contributed by atoms with Crippen molar-refractivity contribution in [1.82, 2.24) is 10.3 Å². The van der Waals surface area contributed by atoms with E-state index in [0.29, 0.717) is 12.1 Å². The van der Waals surface area contributed by atoms with Gasteiger partial charge in [-0.15, -0.1) is 0 Å². The van der Waals surface area contributed by atoms with Crippen molar-refractivity contribution in [2.45, 2.75) is 45.2 Å². The normalized spacial score (nSPS) is 27.9. The smallest absolute Gasteiger partial charge is 0.0570 e. The Hall–Kier alpha value is -0.890. The van der Waals surface area contributed by atoms with Crippen LogP contribution in [0.3, 0.4) is 0 Å². The van der Waals surface area contributed by atoms with Crippen LogP contribution in [0.15, 0.2) is 24.4 Å². The molecule has 15 heavy (non-hydrogen) atoms. The number of pyridine rings is 1. The second-order valence-electron chi connectivity index (χ2n) is 4.76. The van der Waals surface area contributed by atoms with Gasteiger partial charge in [-0.25, -0.2) is 0 Å². The van der Waals surface area contributed by atoms with Gasteiger partial charge in [0.2, 0.25) is 0 Å². The van der Waals surface area contributed by atoms with E-state index < -0.39 is 0 Å². The van der Waals surface area contributed by atoms with Gasteiger partial charge in [-0.05, 0) is 44.2 Å². The van der Waals surface area contributed by atoms with Gasteiger partial charge in [-0.2, -0.15) is 0 Å². The lowest BCUT2D eigenvalue weighted by molar-refractivity contribution is 0.443. The average molecular weight is 204 g/mol. The molecule has 1 aliphatic carbocycles. The van der Waals surface area contributed by atoms with Gasteiger partial charge in [0.1, 0.15) is 0 Å². The molecule has 0 bridgehead atoms. The van der Waals surface area contributed by atoms with E-state index >= 15 is 0 Å². The zero-order chi connectivity index (χ0) is 10.7. The van der Waals surface area contributed by atoms with Crippen molar-refractivity contribution in [2.75, 3.05) is 0 Å². The van der Waals surface area contributed by atoms with Gasteiger partial charge in [0.15, 0.2) is 0 Å². The lowest BCUT2D eigenvalue weighted by Gasteiger charge is -2.18. The summed E-state index contributed by atoms with van der Waals surface area (Å²) in [6.45, 7) is 4.54. The van der Waals surface area contributed by atoms with Crippen LogP contribution in [0.4, 0.5) is 0 Å². The first-order chi connectivity index (χ1) is 7.25. The lowest BCUT2D eigenvalue weighted by Crippen LogP contribution is -2.29. The van der Waals surface area contributed by atoms with E-state index in [0.717, 1.165) is 11.6 Å². The molecule has 3 unspecified atom stereocenters. The predicted octanol–water partition coefficient (Wildman–Crippen LogP) is 2.92. The molecular formula is C13H20N2. The number of hydrogen-bond donors (Lipinski definition) is 1. The van der Waals surface area contributed by atoms with Gasteiger partial charge in [0, 0.05) is 18.3 Å². The Bertz CT molecular complexity index is 297. The summed E-state index contributed by atoms with van der Waals surface area (Å²) in [6.07, 6.45) is 5.87. The number of aromatic nitrogens is 1. The van der Waals surface area contributed by atoms with Crippen LogP contribution in [-0.2, 0) is 0 Å². The Morgan fingerprint density at radius 2 is 2.27 bits per heavy atom. The summed E-state index contributed by atoms with van der Waals surface area (Å²) in [6, 6.07) is 7.18. The molecule has 0 saturated heterocycles. The Kier molecular flexibility index (Phi) is 3.37. The summed E-state index contributed by atoms with van der Waals surface area (Å²) in [7, 11) is 0. The summed E-state index contributed by atoms with van der Waals surface area (Å²) in [5, 5.41) is 3.66. The fourth-order valence-electron chi connectivity index (χ4n) is 2.43. The maximum Gasteiger partial charge on any atom is 0.0570 e. The molecule has 0 amide bonds. The quantitative estimate of drug-likeness (QED) is 0.819. The number of nitrogens with zero attached hydrogens (tertiary/aromatic N) is 1. The van der Waals surface area contributed by atoms with E-state index in [1.165, 1.54) is 19.3 Å². The van der Waals surface area contributed by atoms with Crippen molar-refractivity contribution < 1.29 is 0 Å². The Morgan fingerprint density at radius 3 is 2.87 bits per heavy atom. The second kappa shape index (κ2) is 4.75. The van der Waals surface area contributed by atoms with Gasteiger partial charge < -0.3 is 5.32 Å². The van der Waals surface area contributed by atoms with Crippen LogP contribution in [0.25, 0.3) is 0 Å². The van der Waals surface area contributed by atoms with Gasteiger partial charge in [-0.1, -0.05) is 13.0 Å². The largest absolute Gasteiger partial charge is 0.306 e. The van der Waals surface area contributed by atoms with Crippen molar-refractivity contribution in [3.8, 4) is 0 Å². The molecular weight excluding hydrogens is 184 g/mol. The molecule has 2 nitrogen and oxygen atoms in total. The number of rotatable bonds is 3. The van der Waals surface area contributed by atoms with Crippen LogP contribution >= 0.6 is 0 Å². The van der Waals surface area contributed by atoms with Crippen LogP contribution in [-0.4, -0.2) is 11.0 Å². The molecule has 0 spiro atoms. The van der Waals surface area contributed by atoms with Gasteiger partial charge in [0.25, 0.3) is 0 Å². The standard InChI is InChI=1S/C13H20N2/c1-10-6-7-12(9-10)15-11(2)13-5-3-4-8-14-13/h3-5,8,10-12,15H,6-7,9H2,1-2H3. The summed E-state index contributed by atoms with van der Waals surface area (Å²) in [4.78, 5) is 4.38. The summed E-state index contributed by atoms with van der Waals surface area (Å²) in [5.74, 6) is 0.887. The van der Waals surface area contributed by atoms with Crippen molar-refractivity contribution in [3.05, 3.63) is 30.1 Å². The van der Waals surface area contributed by atoms with Crippen molar-refractivity contribution in [3.63, 3.8) is 0 Å². The fourth-order valence-corrected chi connectivity index (χ4v) is 2.43. The molecule has 0 aromatic carbocycles. The van der Waals surface area contributed by atoms with Crippen LogP contribution in [0.5, 0.6) is 0 Å². The van der Waals surface area contributed by atoms with E-state index in [2.05, 4.69) is 36.3 Å². The van der Waals surface area contributed by atoms with Gasteiger partial charge >= 0.3 is 0 Å². The van der Waals surface area contributed by atoms with Crippen LogP contribution in [0.2, 0.25) is 0 Å². The topological polar surface area (TPSA) is 24.9 Å². The summed E-state index contributed by atoms with van der Waals surface area (Å²) < 4.78 is 0. The minimum Gasteiger partial charge on any atom is -0.306 e. The van der Waals surface area contributed by atoms with Crippen molar-refractivity contribution in [2.24, 2.45) is 5.92 Å². The Balaban J connectivity index is 1.90. The third kappa shape index (κ3) is 2.78. The minimum absolute atomic E-state index is 0.376. The first-order valence-corrected chi connectivity index (χ1v) is 5.92. The molecule has 1 aromatic rings. The highest BCUT2D eigenvalue weighted by Crippen LogP contribution is 2.26.